The summed E-state index contributed by atoms with van der Waals surface area (Å²) in [6, 6.07) is 1.33. The molecule has 2 aromatic heterocycles. The highest BCUT2D eigenvalue weighted by Gasteiger charge is 2.29. The Hall–Kier alpha value is -1.33. The topological polar surface area (TPSA) is 52.7 Å². The molecule has 1 aliphatic rings. The highest BCUT2D eigenvalue weighted by atomic mass is 35.5. The maximum Gasteiger partial charge on any atom is 0.255 e. The molecule has 0 saturated heterocycles. The molecule has 100 valence electrons. The van der Waals surface area contributed by atoms with E-state index >= 15 is 0 Å². The van der Waals surface area contributed by atoms with E-state index in [4.69, 9.17) is 23.2 Å². The van der Waals surface area contributed by atoms with Crippen molar-refractivity contribution >= 4 is 23.2 Å². The van der Waals surface area contributed by atoms with Crippen molar-refractivity contribution in [3.8, 4) is 0 Å². The smallest absolute Gasteiger partial charge is 0.255 e. The molecule has 2 heterocycles. The molecule has 0 radical (unpaired) electrons. The summed E-state index contributed by atoms with van der Waals surface area (Å²) in [6.07, 6.45) is 3.67. The van der Waals surface area contributed by atoms with Gasteiger partial charge in [-0.3, -0.25) is 9.36 Å². The van der Waals surface area contributed by atoms with Gasteiger partial charge in [0.15, 0.2) is 0 Å². The third-order valence-electron chi connectivity index (χ3n) is 3.28. The molecule has 1 aliphatic carbocycles. The molecule has 0 bridgehead atoms. The molecule has 0 aliphatic heterocycles. The molecule has 3 rings (SSSR count). The van der Waals surface area contributed by atoms with Gasteiger partial charge in [-0.15, -0.1) is 0 Å². The summed E-state index contributed by atoms with van der Waals surface area (Å²) in [5.74, 6) is 1.80. The van der Waals surface area contributed by atoms with Crippen molar-refractivity contribution in [3.05, 3.63) is 44.6 Å². The Balaban J connectivity index is 2.05. The van der Waals surface area contributed by atoms with Crippen LogP contribution in [-0.2, 0) is 13.6 Å². The number of nitrogens with zero attached hydrogens (tertiary/aromatic N) is 4. The number of aromatic nitrogens is 4. The largest absolute Gasteiger partial charge is 0.321 e. The van der Waals surface area contributed by atoms with Gasteiger partial charge in [0.2, 0.25) is 0 Å². The van der Waals surface area contributed by atoms with Crippen molar-refractivity contribution in [1.82, 2.24) is 19.1 Å². The molecule has 0 N–H and O–H groups in total. The van der Waals surface area contributed by atoms with E-state index < -0.39 is 0 Å². The predicted molar refractivity (Wildman–Crippen MR) is 72.8 cm³/mol. The van der Waals surface area contributed by atoms with Crippen LogP contribution in [0.3, 0.4) is 0 Å². The van der Waals surface area contributed by atoms with Crippen molar-refractivity contribution in [2.75, 3.05) is 0 Å². The molecule has 0 spiro atoms. The molecule has 0 aromatic carbocycles. The summed E-state index contributed by atoms with van der Waals surface area (Å²) in [4.78, 5) is 20.6. The summed E-state index contributed by atoms with van der Waals surface area (Å²) in [7, 11) is 1.82. The van der Waals surface area contributed by atoms with E-state index in [-0.39, 0.29) is 10.7 Å². The maximum atomic E-state index is 12.1. The average Bonchev–Trinajstić information content (AvgIpc) is 3.14. The molecule has 19 heavy (non-hydrogen) atoms. The highest BCUT2D eigenvalue weighted by Crippen LogP contribution is 2.38. The van der Waals surface area contributed by atoms with Crippen LogP contribution in [0.2, 0.25) is 10.3 Å². The Morgan fingerprint density at radius 1 is 1.42 bits per heavy atom. The normalized spacial score (nSPS) is 14.9. The molecule has 1 fully saturated rings. The lowest BCUT2D eigenvalue weighted by molar-refractivity contribution is 0.625. The summed E-state index contributed by atoms with van der Waals surface area (Å²) < 4.78 is 3.38. The molecule has 1 saturated carbocycles. The van der Waals surface area contributed by atoms with E-state index in [1.165, 1.54) is 6.07 Å². The lowest BCUT2D eigenvalue weighted by Crippen LogP contribution is -2.26. The number of halogens is 2. The number of hydrogen-bond donors (Lipinski definition) is 0. The monoisotopic (exact) mass is 298 g/mol. The molecular weight excluding hydrogens is 287 g/mol. The van der Waals surface area contributed by atoms with Crippen LogP contribution < -0.4 is 5.56 Å². The van der Waals surface area contributed by atoms with Gasteiger partial charge in [0.1, 0.15) is 22.0 Å². The second-order valence-corrected chi connectivity index (χ2v) is 5.47. The minimum absolute atomic E-state index is 0.152. The maximum absolute atomic E-state index is 12.1. The second-order valence-electron chi connectivity index (χ2n) is 4.69. The minimum atomic E-state index is -0.152. The third kappa shape index (κ3) is 2.40. The Morgan fingerprint density at radius 2 is 2.16 bits per heavy atom. The van der Waals surface area contributed by atoms with Crippen LogP contribution >= 0.6 is 23.2 Å². The van der Waals surface area contributed by atoms with Crippen LogP contribution in [0.4, 0.5) is 0 Å². The van der Waals surface area contributed by atoms with Gasteiger partial charge in [-0.25, -0.2) is 9.97 Å². The molecule has 0 unspecified atom stereocenters. The first kappa shape index (κ1) is 12.7. The zero-order chi connectivity index (χ0) is 13.6. The van der Waals surface area contributed by atoms with Crippen molar-refractivity contribution in [2.45, 2.75) is 25.3 Å². The molecule has 0 atom stereocenters. The summed E-state index contributed by atoms with van der Waals surface area (Å²) in [5.41, 5.74) is -0.152. The van der Waals surface area contributed by atoms with Crippen molar-refractivity contribution < 1.29 is 0 Å². The van der Waals surface area contributed by atoms with Gasteiger partial charge in [0.25, 0.3) is 5.56 Å². The molecule has 5 nitrogen and oxygen atoms in total. The summed E-state index contributed by atoms with van der Waals surface area (Å²) in [6.45, 7) is 0.359. The van der Waals surface area contributed by atoms with Gasteiger partial charge in [0.05, 0.1) is 12.7 Å². The second kappa shape index (κ2) is 4.65. The summed E-state index contributed by atoms with van der Waals surface area (Å²) in [5, 5.41) is 0.791. The van der Waals surface area contributed by atoms with Crippen LogP contribution in [0.25, 0.3) is 0 Å². The first-order chi connectivity index (χ1) is 9.06. The zero-order valence-electron chi connectivity index (χ0n) is 10.3. The van der Waals surface area contributed by atoms with Crippen LogP contribution in [0.15, 0.2) is 17.1 Å². The Morgan fingerprint density at radius 3 is 2.74 bits per heavy atom. The SMILES string of the molecule is Cn1c(Cl)cnc1Cn1c(C2CC2)nc(Cl)cc1=O. The van der Waals surface area contributed by atoms with E-state index in [1.54, 1.807) is 15.3 Å². The summed E-state index contributed by atoms with van der Waals surface area (Å²) >= 11 is 11.8. The quantitative estimate of drug-likeness (QED) is 0.817. The van der Waals surface area contributed by atoms with Crippen LogP contribution in [0.1, 0.15) is 30.4 Å². The van der Waals surface area contributed by atoms with Gasteiger partial charge in [-0.05, 0) is 12.8 Å². The fourth-order valence-corrected chi connectivity index (χ4v) is 2.35. The van der Waals surface area contributed by atoms with E-state index in [9.17, 15) is 4.79 Å². The Kier molecular flexibility index (Phi) is 3.11. The van der Waals surface area contributed by atoms with E-state index in [1.807, 2.05) is 7.05 Å². The molecule has 2 aromatic rings. The number of imidazole rings is 1. The minimum Gasteiger partial charge on any atom is -0.321 e. The highest BCUT2D eigenvalue weighted by molar-refractivity contribution is 6.29. The zero-order valence-corrected chi connectivity index (χ0v) is 11.8. The fraction of sp³-hybridized carbons (Fsp3) is 0.417. The molecule has 0 amide bonds. The first-order valence-corrected chi connectivity index (χ1v) is 6.75. The van der Waals surface area contributed by atoms with Gasteiger partial charge in [-0.2, -0.15) is 0 Å². The van der Waals surface area contributed by atoms with E-state index in [0.29, 0.717) is 17.6 Å². The standard InChI is InChI=1S/C12H12Cl2N4O/c1-17-9(14)5-15-10(17)6-18-11(19)4-8(13)16-12(18)7-2-3-7/h4-5,7H,2-3,6H2,1H3. The van der Waals surface area contributed by atoms with Crippen LogP contribution in [0, 0.1) is 0 Å². The van der Waals surface area contributed by atoms with E-state index in [2.05, 4.69) is 9.97 Å². The van der Waals surface area contributed by atoms with Gasteiger partial charge >= 0.3 is 0 Å². The van der Waals surface area contributed by atoms with E-state index in [0.717, 1.165) is 24.5 Å². The molecule has 7 heteroatoms. The predicted octanol–water partition coefficient (Wildman–Crippen LogP) is 2.21. The van der Waals surface area contributed by atoms with Crippen LogP contribution in [-0.4, -0.2) is 19.1 Å². The van der Waals surface area contributed by atoms with Gasteiger partial charge < -0.3 is 4.57 Å². The lowest BCUT2D eigenvalue weighted by atomic mass is 10.3. The first-order valence-electron chi connectivity index (χ1n) is 5.99. The van der Waals surface area contributed by atoms with Gasteiger partial charge in [0, 0.05) is 19.0 Å². The van der Waals surface area contributed by atoms with Gasteiger partial charge in [-0.1, -0.05) is 23.2 Å². The van der Waals surface area contributed by atoms with Crippen LogP contribution in [0.5, 0.6) is 0 Å². The van der Waals surface area contributed by atoms with Crippen molar-refractivity contribution in [1.29, 1.82) is 0 Å². The third-order valence-corrected chi connectivity index (χ3v) is 3.82. The average molecular weight is 299 g/mol. The molecular formula is C12H12Cl2N4O. The Bertz CT molecular complexity index is 688. The van der Waals surface area contributed by atoms with Crippen molar-refractivity contribution in [2.24, 2.45) is 7.05 Å². The lowest BCUT2D eigenvalue weighted by Gasteiger charge is -2.11. The number of rotatable bonds is 3. The number of hydrogen-bond acceptors (Lipinski definition) is 3. The van der Waals surface area contributed by atoms with Crippen molar-refractivity contribution in [3.63, 3.8) is 0 Å². The Labute approximate surface area is 119 Å². The fourth-order valence-electron chi connectivity index (χ4n) is 2.02.